The Morgan fingerprint density at radius 1 is 1.43 bits per heavy atom. The lowest BCUT2D eigenvalue weighted by molar-refractivity contribution is 0.276. The third-order valence-electron chi connectivity index (χ3n) is 1.84. The molecule has 80 valence electrons. The third-order valence-corrected chi connectivity index (χ3v) is 2.75. The minimum atomic E-state index is -0.201. The van der Waals surface area contributed by atoms with E-state index in [-0.39, 0.29) is 30.8 Å². The number of phenolic OH excluding ortho intramolecular Hbond substituents is 1. The molecule has 3 nitrogen and oxygen atoms in total. The van der Waals surface area contributed by atoms with Crippen LogP contribution in [-0.2, 0) is 0 Å². The SMILES string of the molecule is Cl.NC(CCO)c1ccc(I)c(O)c1. The predicted octanol–water partition coefficient (Wildman–Crippen LogP) is 1.80. The fourth-order valence-corrected chi connectivity index (χ4v) is 1.40. The average molecular weight is 330 g/mol. The molecule has 0 aliphatic rings. The van der Waals surface area contributed by atoms with Crippen molar-refractivity contribution in [2.24, 2.45) is 5.73 Å². The second-order valence-electron chi connectivity index (χ2n) is 2.83. The molecule has 5 heteroatoms. The number of aliphatic hydroxyl groups is 1. The van der Waals surface area contributed by atoms with Gasteiger partial charge >= 0.3 is 0 Å². The summed E-state index contributed by atoms with van der Waals surface area (Å²) >= 11 is 2.05. The summed E-state index contributed by atoms with van der Waals surface area (Å²) in [6.07, 6.45) is 0.514. The lowest BCUT2D eigenvalue weighted by atomic mass is 10.1. The minimum absolute atomic E-state index is 0. The predicted molar refractivity (Wildman–Crippen MR) is 66.7 cm³/mol. The van der Waals surface area contributed by atoms with Crippen molar-refractivity contribution in [1.29, 1.82) is 0 Å². The summed E-state index contributed by atoms with van der Waals surface area (Å²) in [5.74, 6) is 0.242. The highest BCUT2D eigenvalue weighted by atomic mass is 127. The Hall–Kier alpha value is -0.0400. The summed E-state index contributed by atoms with van der Waals surface area (Å²) in [5.41, 5.74) is 6.60. The lowest BCUT2D eigenvalue weighted by Crippen LogP contribution is -2.11. The number of halogens is 2. The van der Waals surface area contributed by atoms with Crippen molar-refractivity contribution in [3.8, 4) is 5.75 Å². The van der Waals surface area contributed by atoms with Gasteiger partial charge in [0.05, 0.1) is 3.57 Å². The van der Waals surface area contributed by atoms with Gasteiger partial charge < -0.3 is 15.9 Å². The van der Waals surface area contributed by atoms with Gasteiger partial charge in [0.2, 0.25) is 0 Å². The lowest BCUT2D eigenvalue weighted by Gasteiger charge is -2.10. The molecule has 0 aliphatic carbocycles. The van der Waals surface area contributed by atoms with E-state index in [1.165, 1.54) is 0 Å². The number of aromatic hydroxyl groups is 1. The quantitative estimate of drug-likeness (QED) is 0.741. The summed E-state index contributed by atoms with van der Waals surface area (Å²) in [6.45, 7) is 0.0634. The molecule has 0 bridgehead atoms. The van der Waals surface area contributed by atoms with E-state index in [0.29, 0.717) is 6.42 Å². The number of nitrogens with two attached hydrogens (primary N) is 1. The van der Waals surface area contributed by atoms with E-state index in [0.717, 1.165) is 9.13 Å². The molecule has 1 atom stereocenters. The maximum atomic E-state index is 9.39. The van der Waals surface area contributed by atoms with Crippen LogP contribution in [0.5, 0.6) is 5.75 Å². The fraction of sp³-hybridized carbons (Fsp3) is 0.333. The van der Waals surface area contributed by atoms with Crippen LogP contribution in [0.2, 0.25) is 0 Å². The van der Waals surface area contributed by atoms with E-state index >= 15 is 0 Å². The van der Waals surface area contributed by atoms with Gasteiger partial charge in [0, 0.05) is 12.6 Å². The Morgan fingerprint density at radius 2 is 2.07 bits per heavy atom. The van der Waals surface area contributed by atoms with Crippen molar-refractivity contribution < 1.29 is 10.2 Å². The van der Waals surface area contributed by atoms with E-state index in [2.05, 4.69) is 0 Å². The van der Waals surface area contributed by atoms with Gasteiger partial charge in [-0.1, -0.05) is 6.07 Å². The zero-order valence-electron chi connectivity index (χ0n) is 7.48. The number of phenols is 1. The summed E-state index contributed by atoms with van der Waals surface area (Å²) in [5, 5.41) is 18.1. The standard InChI is InChI=1S/C9H12INO2.ClH/c10-7-2-1-6(5-9(7)13)8(11)3-4-12;/h1-2,5,8,12-13H,3-4,11H2;1H. The van der Waals surface area contributed by atoms with Crippen molar-refractivity contribution in [3.63, 3.8) is 0 Å². The number of hydrogen-bond acceptors (Lipinski definition) is 3. The van der Waals surface area contributed by atoms with Crippen LogP contribution < -0.4 is 5.73 Å². The summed E-state index contributed by atoms with van der Waals surface area (Å²) in [6, 6.07) is 5.11. The molecule has 0 radical (unpaired) electrons. The summed E-state index contributed by atoms with van der Waals surface area (Å²) in [7, 11) is 0. The molecule has 0 fully saturated rings. The number of rotatable bonds is 3. The molecule has 4 N–H and O–H groups in total. The first kappa shape index (κ1) is 14.0. The second kappa shape index (κ2) is 6.44. The molecule has 1 unspecified atom stereocenters. The van der Waals surface area contributed by atoms with Crippen LogP contribution in [0.25, 0.3) is 0 Å². The largest absolute Gasteiger partial charge is 0.507 e. The first-order valence-electron chi connectivity index (χ1n) is 4.00. The topological polar surface area (TPSA) is 66.5 Å². The van der Waals surface area contributed by atoms with E-state index in [4.69, 9.17) is 10.8 Å². The molecule has 1 rings (SSSR count). The Morgan fingerprint density at radius 3 is 2.57 bits per heavy atom. The molecule has 14 heavy (non-hydrogen) atoms. The van der Waals surface area contributed by atoms with Crippen molar-refractivity contribution in [2.45, 2.75) is 12.5 Å². The van der Waals surface area contributed by atoms with Gasteiger partial charge in [0.1, 0.15) is 5.75 Å². The maximum absolute atomic E-state index is 9.39. The summed E-state index contributed by atoms with van der Waals surface area (Å²) in [4.78, 5) is 0. The number of aliphatic hydroxyl groups excluding tert-OH is 1. The molecule has 0 saturated heterocycles. The zero-order chi connectivity index (χ0) is 9.84. The highest BCUT2D eigenvalue weighted by Crippen LogP contribution is 2.24. The Labute approximate surface area is 103 Å². The van der Waals surface area contributed by atoms with Crippen LogP contribution in [0, 0.1) is 3.57 Å². The third kappa shape index (κ3) is 3.61. The summed E-state index contributed by atoms with van der Waals surface area (Å²) < 4.78 is 0.803. The maximum Gasteiger partial charge on any atom is 0.129 e. The van der Waals surface area contributed by atoms with Crippen LogP contribution in [0.1, 0.15) is 18.0 Å². The van der Waals surface area contributed by atoms with E-state index < -0.39 is 0 Å². The first-order valence-corrected chi connectivity index (χ1v) is 5.08. The second-order valence-corrected chi connectivity index (χ2v) is 3.99. The minimum Gasteiger partial charge on any atom is -0.507 e. The highest BCUT2D eigenvalue weighted by molar-refractivity contribution is 14.1. The van der Waals surface area contributed by atoms with Gasteiger partial charge in [-0.15, -0.1) is 12.4 Å². The molecule has 0 spiro atoms. The van der Waals surface area contributed by atoms with Crippen LogP contribution in [0.4, 0.5) is 0 Å². The van der Waals surface area contributed by atoms with Crippen molar-refractivity contribution in [3.05, 3.63) is 27.3 Å². The van der Waals surface area contributed by atoms with Crippen molar-refractivity contribution >= 4 is 35.0 Å². The Balaban J connectivity index is 0.00000169. The Bertz CT molecular complexity index is 296. The van der Waals surface area contributed by atoms with Gasteiger partial charge in [-0.2, -0.15) is 0 Å². The van der Waals surface area contributed by atoms with Gasteiger partial charge in [-0.3, -0.25) is 0 Å². The molecule has 0 heterocycles. The van der Waals surface area contributed by atoms with Crippen LogP contribution >= 0.6 is 35.0 Å². The van der Waals surface area contributed by atoms with Crippen molar-refractivity contribution in [2.75, 3.05) is 6.61 Å². The molecular weight excluding hydrogens is 316 g/mol. The average Bonchev–Trinajstić information content (AvgIpc) is 2.10. The van der Waals surface area contributed by atoms with E-state index in [1.54, 1.807) is 6.07 Å². The fourth-order valence-electron chi connectivity index (χ4n) is 1.07. The van der Waals surface area contributed by atoms with E-state index in [9.17, 15) is 5.11 Å². The van der Waals surface area contributed by atoms with Gasteiger partial charge in [0.15, 0.2) is 0 Å². The number of hydrogen-bond donors (Lipinski definition) is 3. The van der Waals surface area contributed by atoms with Crippen molar-refractivity contribution in [1.82, 2.24) is 0 Å². The van der Waals surface area contributed by atoms with E-state index in [1.807, 2.05) is 34.7 Å². The molecule has 0 saturated carbocycles. The van der Waals surface area contributed by atoms with Gasteiger partial charge in [0.25, 0.3) is 0 Å². The molecular formula is C9H13ClINO2. The molecule has 1 aromatic carbocycles. The smallest absolute Gasteiger partial charge is 0.129 e. The highest BCUT2D eigenvalue weighted by Gasteiger charge is 2.07. The van der Waals surface area contributed by atoms with Crippen LogP contribution in [-0.4, -0.2) is 16.8 Å². The monoisotopic (exact) mass is 329 g/mol. The molecule has 0 aromatic heterocycles. The Kier molecular flexibility index (Phi) is 6.43. The molecule has 0 amide bonds. The van der Waals surface area contributed by atoms with Crippen LogP contribution in [0.3, 0.4) is 0 Å². The first-order chi connectivity index (χ1) is 6.15. The number of benzene rings is 1. The van der Waals surface area contributed by atoms with Gasteiger partial charge in [-0.05, 0) is 46.7 Å². The molecule has 1 aromatic rings. The normalized spacial score (nSPS) is 11.9. The van der Waals surface area contributed by atoms with Crippen LogP contribution in [0.15, 0.2) is 18.2 Å². The zero-order valence-corrected chi connectivity index (χ0v) is 10.5. The molecule has 0 aliphatic heterocycles. The van der Waals surface area contributed by atoms with Gasteiger partial charge in [-0.25, -0.2) is 0 Å².